The molecule has 0 spiro atoms. The molecule has 1 aromatic heterocycles. The normalized spacial score (nSPS) is 23.2. The van der Waals surface area contributed by atoms with Crippen LogP contribution in [-0.4, -0.2) is 67.6 Å². The van der Waals surface area contributed by atoms with Gasteiger partial charge in [0.2, 0.25) is 5.91 Å². The van der Waals surface area contributed by atoms with Crippen LogP contribution in [0.2, 0.25) is 0 Å². The van der Waals surface area contributed by atoms with Crippen LogP contribution in [0.5, 0.6) is 0 Å². The maximum atomic E-state index is 12.0. The third-order valence-electron chi connectivity index (χ3n) is 4.14. The van der Waals surface area contributed by atoms with Gasteiger partial charge in [0.15, 0.2) is 0 Å². The Hall–Kier alpha value is -1.66. The smallest absolute Gasteiger partial charge is 0.234 e. The lowest BCUT2D eigenvalue weighted by Crippen LogP contribution is -2.50. The van der Waals surface area contributed by atoms with Gasteiger partial charge in [0, 0.05) is 45.0 Å². The predicted molar refractivity (Wildman–Crippen MR) is 82.3 cm³/mol. The monoisotopic (exact) mass is 289 g/mol. The number of rotatable bonds is 4. The summed E-state index contributed by atoms with van der Waals surface area (Å²) in [4.78, 5) is 20.9. The Morgan fingerprint density at radius 2 is 2.19 bits per heavy atom. The van der Waals surface area contributed by atoms with Crippen LogP contribution in [0, 0.1) is 0 Å². The second kappa shape index (κ2) is 6.87. The first-order chi connectivity index (χ1) is 10.3. The summed E-state index contributed by atoms with van der Waals surface area (Å²) >= 11 is 0. The quantitative estimate of drug-likeness (QED) is 0.796. The van der Waals surface area contributed by atoms with Gasteiger partial charge < -0.3 is 15.5 Å². The molecule has 1 amide bonds. The first-order valence-corrected chi connectivity index (χ1v) is 7.70. The lowest BCUT2D eigenvalue weighted by molar-refractivity contribution is -0.122. The van der Waals surface area contributed by atoms with E-state index in [0.717, 1.165) is 51.5 Å². The Morgan fingerprint density at radius 3 is 2.86 bits per heavy atom. The highest BCUT2D eigenvalue weighted by Crippen LogP contribution is 2.12. The zero-order valence-electron chi connectivity index (χ0n) is 12.3. The number of carbonyl (C=O) groups is 1. The SMILES string of the molecule is O=C(CN1CCN(c2ccccn2)CC1)NC1CCNC1. The van der Waals surface area contributed by atoms with Crippen molar-refractivity contribution in [3.8, 4) is 0 Å². The van der Waals surface area contributed by atoms with Crippen molar-refractivity contribution in [2.24, 2.45) is 0 Å². The summed E-state index contributed by atoms with van der Waals surface area (Å²) in [6, 6.07) is 6.29. The van der Waals surface area contributed by atoms with Crippen LogP contribution >= 0.6 is 0 Å². The number of aromatic nitrogens is 1. The molecule has 3 rings (SSSR count). The van der Waals surface area contributed by atoms with Crippen LogP contribution in [0.4, 0.5) is 5.82 Å². The van der Waals surface area contributed by atoms with E-state index in [-0.39, 0.29) is 5.91 Å². The molecule has 2 aliphatic heterocycles. The number of hydrogen-bond donors (Lipinski definition) is 2. The minimum absolute atomic E-state index is 0.148. The zero-order valence-corrected chi connectivity index (χ0v) is 12.3. The van der Waals surface area contributed by atoms with Crippen molar-refractivity contribution in [3.63, 3.8) is 0 Å². The third-order valence-corrected chi connectivity index (χ3v) is 4.14. The van der Waals surface area contributed by atoms with E-state index >= 15 is 0 Å². The van der Waals surface area contributed by atoms with Gasteiger partial charge >= 0.3 is 0 Å². The van der Waals surface area contributed by atoms with Crippen molar-refractivity contribution in [2.75, 3.05) is 50.7 Å². The Morgan fingerprint density at radius 1 is 1.33 bits per heavy atom. The summed E-state index contributed by atoms with van der Waals surface area (Å²) in [5.74, 6) is 1.17. The molecule has 0 aromatic carbocycles. The lowest BCUT2D eigenvalue weighted by Gasteiger charge is -2.35. The number of anilines is 1. The molecule has 0 bridgehead atoms. The summed E-state index contributed by atoms with van der Waals surface area (Å²) < 4.78 is 0. The number of pyridine rings is 1. The van der Waals surface area contributed by atoms with Crippen LogP contribution in [0.1, 0.15) is 6.42 Å². The van der Waals surface area contributed by atoms with E-state index in [1.165, 1.54) is 0 Å². The molecule has 1 atom stereocenters. The number of carbonyl (C=O) groups excluding carboxylic acids is 1. The molecule has 0 aliphatic carbocycles. The van der Waals surface area contributed by atoms with Crippen LogP contribution in [-0.2, 0) is 4.79 Å². The van der Waals surface area contributed by atoms with E-state index in [1.807, 2.05) is 24.4 Å². The highest BCUT2D eigenvalue weighted by Gasteiger charge is 2.21. The van der Waals surface area contributed by atoms with Crippen molar-refractivity contribution in [3.05, 3.63) is 24.4 Å². The van der Waals surface area contributed by atoms with Crippen LogP contribution in [0.15, 0.2) is 24.4 Å². The molecule has 0 saturated carbocycles. The van der Waals surface area contributed by atoms with Gasteiger partial charge in [-0.15, -0.1) is 0 Å². The fourth-order valence-electron chi connectivity index (χ4n) is 2.93. The molecule has 3 heterocycles. The average Bonchev–Trinajstić information content (AvgIpc) is 3.02. The van der Waals surface area contributed by atoms with Gasteiger partial charge in [-0.25, -0.2) is 4.98 Å². The standard InChI is InChI=1S/C15H23N5O/c21-15(18-13-4-6-16-11-13)12-19-7-9-20(10-8-19)14-3-1-2-5-17-14/h1-3,5,13,16H,4,6-12H2,(H,18,21). The number of hydrogen-bond acceptors (Lipinski definition) is 5. The molecule has 6 heteroatoms. The van der Waals surface area contributed by atoms with Gasteiger partial charge in [0.05, 0.1) is 6.54 Å². The first-order valence-electron chi connectivity index (χ1n) is 7.70. The molecule has 1 aromatic rings. The number of piperazine rings is 1. The van der Waals surface area contributed by atoms with E-state index in [1.54, 1.807) is 0 Å². The largest absolute Gasteiger partial charge is 0.354 e. The second-order valence-electron chi connectivity index (χ2n) is 5.71. The molecule has 1 unspecified atom stereocenters. The highest BCUT2D eigenvalue weighted by molar-refractivity contribution is 5.78. The number of nitrogens with zero attached hydrogens (tertiary/aromatic N) is 3. The van der Waals surface area contributed by atoms with E-state index in [0.29, 0.717) is 12.6 Å². The molecule has 21 heavy (non-hydrogen) atoms. The predicted octanol–water partition coefficient (Wildman–Crippen LogP) is -0.318. The van der Waals surface area contributed by atoms with E-state index in [4.69, 9.17) is 0 Å². The maximum absolute atomic E-state index is 12.0. The Kier molecular flexibility index (Phi) is 4.67. The zero-order chi connectivity index (χ0) is 14.5. The molecule has 2 fully saturated rings. The molecule has 2 saturated heterocycles. The van der Waals surface area contributed by atoms with Crippen molar-refractivity contribution >= 4 is 11.7 Å². The number of nitrogens with one attached hydrogen (secondary N) is 2. The van der Waals surface area contributed by atoms with E-state index in [2.05, 4.69) is 25.4 Å². The summed E-state index contributed by atoms with van der Waals surface area (Å²) in [7, 11) is 0. The van der Waals surface area contributed by atoms with Gasteiger partial charge in [-0.05, 0) is 25.1 Å². The van der Waals surface area contributed by atoms with Crippen molar-refractivity contribution in [2.45, 2.75) is 12.5 Å². The number of amides is 1. The van der Waals surface area contributed by atoms with E-state index in [9.17, 15) is 4.79 Å². The molecular weight excluding hydrogens is 266 g/mol. The molecular formula is C15H23N5O. The third kappa shape index (κ3) is 3.92. The van der Waals surface area contributed by atoms with Crippen molar-refractivity contribution in [1.82, 2.24) is 20.5 Å². The highest BCUT2D eigenvalue weighted by atomic mass is 16.2. The lowest BCUT2D eigenvalue weighted by atomic mass is 10.2. The Bertz CT molecular complexity index is 452. The minimum atomic E-state index is 0.148. The van der Waals surface area contributed by atoms with E-state index < -0.39 is 0 Å². The van der Waals surface area contributed by atoms with Gasteiger partial charge in [-0.3, -0.25) is 9.69 Å². The summed E-state index contributed by atoms with van der Waals surface area (Å²) in [6.45, 7) is 6.09. The van der Waals surface area contributed by atoms with Gasteiger partial charge in [0.25, 0.3) is 0 Å². The van der Waals surface area contributed by atoms with Gasteiger partial charge in [0.1, 0.15) is 5.82 Å². The van der Waals surface area contributed by atoms with Crippen LogP contribution in [0.3, 0.4) is 0 Å². The van der Waals surface area contributed by atoms with Crippen LogP contribution < -0.4 is 15.5 Å². The van der Waals surface area contributed by atoms with Crippen molar-refractivity contribution in [1.29, 1.82) is 0 Å². The summed E-state index contributed by atoms with van der Waals surface area (Å²) in [5.41, 5.74) is 0. The fourth-order valence-corrected chi connectivity index (χ4v) is 2.93. The van der Waals surface area contributed by atoms with Gasteiger partial charge in [-0.2, -0.15) is 0 Å². The summed E-state index contributed by atoms with van der Waals surface area (Å²) in [5, 5.41) is 6.36. The fraction of sp³-hybridized carbons (Fsp3) is 0.600. The summed E-state index contributed by atoms with van der Waals surface area (Å²) in [6.07, 6.45) is 2.87. The second-order valence-corrected chi connectivity index (χ2v) is 5.71. The maximum Gasteiger partial charge on any atom is 0.234 e. The average molecular weight is 289 g/mol. The van der Waals surface area contributed by atoms with Crippen LogP contribution in [0.25, 0.3) is 0 Å². The molecule has 2 N–H and O–H groups in total. The topological polar surface area (TPSA) is 60.5 Å². The molecule has 2 aliphatic rings. The Labute approximate surface area is 125 Å². The molecule has 114 valence electrons. The molecule has 0 radical (unpaired) electrons. The Balaban J connectivity index is 1.42. The van der Waals surface area contributed by atoms with Crippen molar-refractivity contribution < 1.29 is 4.79 Å². The minimum Gasteiger partial charge on any atom is -0.354 e. The van der Waals surface area contributed by atoms with Gasteiger partial charge in [-0.1, -0.05) is 6.07 Å². The first kappa shape index (κ1) is 14.3. The molecule has 6 nitrogen and oxygen atoms in total.